The van der Waals surface area contributed by atoms with Crippen LogP contribution in [0.15, 0.2) is 0 Å². The number of ether oxygens (including phenoxy) is 2. The van der Waals surface area contributed by atoms with Gasteiger partial charge in [-0.1, -0.05) is 6.92 Å². The zero-order valence-corrected chi connectivity index (χ0v) is 12.0. The molecule has 0 aromatic carbocycles. The van der Waals surface area contributed by atoms with Crippen molar-refractivity contribution >= 4 is 11.9 Å². The van der Waals surface area contributed by atoms with E-state index in [1.165, 1.54) is 7.11 Å². The number of hydrogen-bond donors (Lipinski definition) is 0. The number of carbonyl (C=O) groups is 2. The number of carbonyl (C=O) groups excluding carboxylic acids is 2. The Balaban J connectivity index is 2.86. The Hall–Kier alpha value is -2.17. The maximum absolute atomic E-state index is 11.7. The van der Waals surface area contributed by atoms with Crippen molar-refractivity contribution in [3.8, 4) is 6.07 Å². The van der Waals surface area contributed by atoms with Gasteiger partial charge in [-0.15, -0.1) is 0 Å². The summed E-state index contributed by atoms with van der Waals surface area (Å²) in [7, 11) is 1.21. The second kappa shape index (κ2) is 7.57. The van der Waals surface area contributed by atoms with E-state index < -0.39 is 40.8 Å². The van der Waals surface area contributed by atoms with Crippen LogP contribution in [-0.4, -0.2) is 36.1 Å². The summed E-state index contributed by atoms with van der Waals surface area (Å²) in [5, 5.41) is 19.9. The SMILES string of the molecule is COC(=O)CCC([C@H]1[C@H](CCC#N)OC(=O)[C@@H]1C)[N+](=O)[O-]. The van der Waals surface area contributed by atoms with Crippen molar-refractivity contribution in [3.63, 3.8) is 0 Å². The van der Waals surface area contributed by atoms with Gasteiger partial charge in [0.25, 0.3) is 0 Å². The summed E-state index contributed by atoms with van der Waals surface area (Å²) in [5.41, 5.74) is 0. The first kappa shape index (κ1) is 16.9. The second-order valence-electron chi connectivity index (χ2n) is 5.01. The Morgan fingerprint density at radius 1 is 1.62 bits per heavy atom. The molecule has 1 aliphatic heterocycles. The third-order valence-electron chi connectivity index (χ3n) is 3.77. The average Bonchev–Trinajstić information content (AvgIpc) is 2.72. The van der Waals surface area contributed by atoms with Crippen LogP contribution in [0.3, 0.4) is 0 Å². The van der Waals surface area contributed by atoms with Gasteiger partial charge in [0.05, 0.1) is 31.4 Å². The van der Waals surface area contributed by atoms with Gasteiger partial charge >= 0.3 is 11.9 Å². The fourth-order valence-electron chi connectivity index (χ4n) is 2.66. The molecule has 0 aliphatic carbocycles. The number of nitriles is 1. The van der Waals surface area contributed by atoms with Gasteiger partial charge in [-0.3, -0.25) is 19.7 Å². The predicted octanol–water partition coefficient (Wildman–Crippen LogP) is 1.07. The molecule has 0 spiro atoms. The Labute approximate surface area is 122 Å². The van der Waals surface area contributed by atoms with E-state index in [1.807, 2.05) is 6.07 Å². The number of hydrogen-bond acceptors (Lipinski definition) is 7. The first-order valence-corrected chi connectivity index (χ1v) is 6.70. The number of nitro groups is 1. The van der Waals surface area contributed by atoms with Crippen LogP contribution >= 0.6 is 0 Å². The molecule has 1 rings (SSSR count). The lowest BCUT2D eigenvalue weighted by Gasteiger charge is -2.22. The van der Waals surface area contributed by atoms with Crippen molar-refractivity contribution in [3.05, 3.63) is 10.1 Å². The molecule has 1 saturated heterocycles. The van der Waals surface area contributed by atoms with Crippen molar-refractivity contribution in [2.45, 2.75) is 44.8 Å². The van der Waals surface area contributed by atoms with Crippen LogP contribution in [0.2, 0.25) is 0 Å². The van der Waals surface area contributed by atoms with E-state index in [-0.39, 0.29) is 25.7 Å². The van der Waals surface area contributed by atoms with Gasteiger partial charge in [0.1, 0.15) is 6.10 Å². The minimum atomic E-state index is -1.07. The van der Waals surface area contributed by atoms with Crippen LogP contribution in [0.25, 0.3) is 0 Å². The number of methoxy groups -OCH3 is 1. The lowest BCUT2D eigenvalue weighted by Crippen LogP contribution is -2.38. The Morgan fingerprint density at radius 3 is 2.81 bits per heavy atom. The topological polar surface area (TPSA) is 120 Å². The van der Waals surface area contributed by atoms with Crippen LogP contribution in [0, 0.1) is 33.3 Å². The second-order valence-corrected chi connectivity index (χ2v) is 5.01. The average molecular weight is 298 g/mol. The zero-order valence-electron chi connectivity index (χ0n) is 12.0. The van der Waals surface area contributed by atoms with E-state index in [0.29, 0.717) is 0 Å². The maximum Gasteiger partial charge on any atom is 0.309 e. The highest BCUT2D eigenvalue weighted by molar-refractivity contribution is 5.75. The summed E-state index contributed by atoms with van der Waals surface area (Å²) in [5.74, 6) is -2.28. The lowest BCUT2D eigenvalue weighted by atomic mass is 9.82. The molecular formula is C13H18N2O6. The van der Waals surface area contributed by atoms with Crippen molar-refractivity contribution < 1.29 is 24.0 Å². The number of esters is 2. The van der Waals surface area contributed by atoms with Crippen LogP contribution in [0.5, 0.6) is 0 Å². The van der Waals surface area contributed by atoms with E-state index in [9.17, 15) is 19.7 Å². The van der Waals surface area contributed by atoms with Crippen LogP contribution in [0.4, 0.5) is 0 Å². The summed E-state index contributed by atoms with van der Waals surface area (Å²) in [6.45, 7) is 1.58. The van der Waals surface area contributed by atoms with E-state index in [4.69, 9.17) is 10.00 Å². The van der Waals surface area contributed by atoms with Crippen molar-refractivity contribution in [1.29, 1.82) is 5.26 Å². The van der Waals surface area contributed by atoms with E-state index in [1.54, 1.807) is 6.92 Å². The molecule has 1 fully saturated rings. The van der Waals surface area contributed by atoms with Crippen molar-refractivity contribution in [2.24, 2.45) is 11.8 Å². The van der Waals surface area contributed by atoms with Gasteiger partial charge in [-0.25, -0.2) is 0 Å². The molecule has 0 N–H and O–H groups in total. The summed E-state index contributed by atoms with van der Waals surface area (Å²) in [6, 6.07) is 0.862. The molecule has 0 saturated carbocycles. The number of cyclic esters (lactones) is 1. The fraction of sp³-hybridized carbons (Fsp3) is 0.769. The minimum absolute atomic E-state index is 0.0195. The summed E-state index contributed by atoms with van der Waals surface area (Å²) < 4.78 is 9.62. The molecule has 1 aliphatic rings. The van der Waals surface area contributed by atoms with Crippen LogP contribution in [0.1, 0.15) is 32.6 Å². The zero-order chi connectivity index (χ0) is 16.0. The summed E-state index contributed by atoms with van der Waals surface area (Å²) in [4.78, 5) is 33.6. The first-order chi connectivity index (χ1) is 9.92. The Bertz CT molecular complexity index is 458. The molecule has 1 unspecified atom stereocenters. The predicted molar refractivity (Wildman–Crippen MR) is 69.4 cm³/mol. The smallest absolute Gasteiger partial charge is 0.309 e. The van der Waals surface area contributed by atoms with Gasteiger partial charge in [-0.05, 0) is 6.42 Å². The van der Waals surface area contributed by atoms with Crippen molar-refractivity contribution in [2.75, 3.05) is 7.11 Å². The molecule has 116 valence electrons. The molecule has 4 atom stereocenters. The number of rotatable bonds is 7. The third-order valence-corrected chi connectivity index (χ3v) is 3.77. The molecule has 21 heavy (non-hydrogen) atoms. The lowest BCUT2D eigenvalue weighted by molar-refractivity contribution is -0.535. The largest absolute Gasteiger partial charge is 0.469 e. The summed E-state index contributed by atoms with van der Waals surface area (Å²) >= 11 is 0. The molecular weight excluding hydrogens is 280 g/mol. The molecule has 0 bridgehead atoms. The minimum Gasteiger partial charge on any atom is -0.469 e. The Morgan fingerprint density at radius 2 is 2.29 bits per heavy atom. The standard InChI is InChI=1S/C13H18N2O6/c1-8-12(10(4-3-7-14)21-13(8)17)9(15(18)19)5-6-11(16)20-2/h8-10,12H,3-6H2,1-2H3/t8-,9?,10+,12+/m1/s1. The van der Waals surface area contributed by atoms with Crippen LogP contribution in [-0.2, 0) is 19.1 Å². The number of nitrogens with zero attached hydrogens (tertiary/aromatic N) is 2. The molecule has 8 heteroatoms. The van der Waals surface area contributed by atoms with Crippen molar-refractivity contribution in [1.82, 2.24) is 0 Å². The van der Waals surface area contributed by atoms with E-state index in [0.717, 1.165) is 0 Å². The third kappa shape index (κ3) is 4.15. The Kier molecular flexibility index (Phi) is 6.09. The summed E-state index contributed by atoms with van der Waals surface area (Å²) in [6.07, 6.45) is -0.346. The molecule has 0 aromatic heterocycles. The van der Waals surface area contributed by atoms with E-state index in [2.05, 4.69) is 4.74 Å². The highest BCUT2D eigenvalue weighted by Crippen LogP contribution is 2.36. The van der Waals surface area contributed by atoms with Gasteiger partial charge in [0.2, 0.25) is 6.04 Å². The van der Waals surface area contributed by atoms with Gasteiger partial charge in [0, 0.05) is 17.8 Å². The van der Waals surface area contributed by atoms with Gasteiger partial charge < -0.3 is 9.47 Å². The van der Waals surface area contributed by atoms with E-state index >= 15 is 0 Å². The molecule has 0 amide bonds. The van der Waals surface area contributed by atoms with Gasteiger partial charge in [-0.2, -0.15) is 5.26 Å². The highest BCUT2D eigenvalue weighted by atomic mass is 16.6. The molecule has 0 radical (unpaired) electrons. The fourth-order valence-corrected chi connectivity index (χ4v) is 2.66. The van der Waals surface area contributed by atoms with Crippen LogP contribution < -0.4 is 0 Å². The maximum atomic E-state index is 11.7. The molecule has 0 aromatic rings. The quantitative estimate of drug-likeness (QED) is 0.391. The molecule has 8 nitrogen and oxygen atoms in total. The highest BCUT2D eigenvalue weighted by Gasteiger charge is 2.50. The molecule has 1 heterocycles. The normalized spacial score (nSPS) is 25.8. The first-order valence-electron chi connectivity index (χ1n) is 6.70. The van der Waals surface area contributed by atoms with Gasteiger partial charge in [0.15, 0.2) is 0 Å². The monoisotopic (exact) mass is 298 g/mol.